The fraction of sp³-hybridized carbons (Fsp3) is 0.269. The van der Waals surface area contributed by atoms with E-state index in [9.17, 15) is 18.0 Å². The Bertz CT molecular complexity index is 1350. The van der Waals surface area contributed by atoms with Crippen LogP contribution in [0.4, 0.5) is 0 Å². The average molecular weight is 538 g/mol. The molecule has 4 rings (SSSR count). The summed E-state index contributed by atoms with van der Waals surface area (Å²) in [6, 6.07) is 16.5. The van der Waals surface area contributed by atoms with E-state index in [0.29, 0.717) is 29.7 Å². The third-order valence-electron chi connectivity index (χ3n) is 6.53. The highest BCUT2D eigenvalue weighted by atomic mass is 32.2. The third kappa shape index (κ3) is 6.53. The van der Waals surface area contributed by atoms with Crippen LogP contribution in [0.15, 0.2) is 72.9 Å². The molecule has 0 spiro atoms. The Balaban J connectivity index is 1.75. The van der Waals surface area contributed by atoms with E-state index in [1.165, 1.54) is 12.3 Å². The number of rotatable bonds is 11. The predicted octanol–water partition coefficient (Wildman–Crippen LogP) is 0.771. The van der Waals surface area contributed by atoms with Crippen molar-refractivity contribution >= 4 is 27.7 Å². The van der Waals surface area contributed by atoms with Crippen molar-refractivity contribution in [2.24, 2.45) is 10.9 Å². The van der Waals surface area contributed by atoms with Crippen LogP contribution in [-0.4, -0.2) is 49.6 Å². The van der Waals surface area contributed by atoms with Gasteiger partial charge in [-0.25, -0.2) is 5.14 Å². The fourth-order valence-corrected chi connectivity index (χ4v) is 5.36. The lowest BCUT2D eigenvalue weighted by Crippen LogP contribution is -2.54. The van der Waals surface area contributed by atoms with Crippen LogP contribution in [0, 0.1) is 5.41 Å². The van der Waals surface area contributed by atoms with Gasteiger partial charge < -0.3 is 21.4 Å². The zero-order valence-corrected chi connectivity index (χ0v) is 21.4. The van der Waals surface area contributed by atoms with Gasteiger partial charge in [-0.1, -0.05) is 60.7 Å². The SMILES string of the molecule is N=C(N)c1cc(C(NC(=O)[C@H](NS(N)(=O)=O)C(c2ccccc2)c2ccccc2)C(=O)[C@@H]2CCCN2)c[nH]1. The predicted molar refractivity (Wildman–Crippen MR) is 143 cm³/mol. The van der Waals surface area contributed by atoms with E-state index in [2.05, 4.69) is 20.3 Å². The number of nitrogen functional groups attached to an aromatic ring is 1. The number of hydrogen-bond acceptors (Lipinski definition) is 6. The maximum atomic E-state index is 13.9. The highest BCUT2D eigenvalue weighted by molar-refractivity contribution is 7.87. The molecule has 2 heterocycles. The molecule has 1 aromatic heterocycles. The molecule has 1 aliphatic rings. The average Bonchev–Trinajstić information content (AvgIpc) is 3.60. The van der Waals surface area contributed by atoms with Crippen molar-refractivity contribution in [1.29, 1.82) is 5.41 Å². The maximum Gasteiger partial charge on any atom is 0.275 e. The van der Waals surface area contributed by atoms with Crippen molar-refractivity contribution in [3.05, 3.63) is 95.3 Å². The first-order valence-corrected chi connectivity index (χ1v) is 13.7. The second-order valence-corrected chi connectivity index (χ2v) is 10.5. The van der Waals surface area contributed by atoms with Crippen molar-refractivity contribution in [2.45, 2.75) is 36.9 Å². The first-order chi connectivity index (χ1) is 18.1. The number of nitrogens with two attached hydrogens (primary N) is 2. The van der Waals surface area contributed by atoms with Crippen LogP contribution in [0.5, 0.6) is 0 Å². The van der Waals surface area contributed by atoms with Crippen molar-refractivity contribution in [3.63, 3.8) is 0 Å². The quantitative estimate of drug-likeness (QED) is 0.139. The first-order valence-electron chi connectivity index (χ1n) is 12.1. The minimum absolute atomic E-state index is 0.227. The molecule has 0 saturated carbocycles. The number of amides is 1. The molecule has 2 aromatic carbocycles. The number of ketones is 1. The number of aromatic nitrogens is 1. The van der Waals surface area contributed by atoms with E-state index < -0.39 is 40.2 Å². The van der Waals surface area contributed by atoms with Crippen LogP contribution in [0.3, 0.4) is 0 Å². The zero-order valence-electron chi connectivity index (χ0n) is 20.6. The fourth-order valence-electron chi connectivity index (χ4n) is 4.76. The largest absolute Gasteiger partial charge is 0.382 e. The normalized spacial score (nSPS) is 17.2. The summed E-state index contributed by atoms with van der Waals surface area (Å²) in [5.74, 6) is -2.00. The highest BCUT2D eigenvalue weighted by Crippen LogP contribution is 2.30. The Morgan fingerprint density at radius 1 is 1.00 bits per heavy atom. The molecule has 1 aliphatic heterocycles. The van der Waals surface area contributed by atoms with E-state index >= 15 is 0 Å². The standard InChI is InChI=1S/C26H31N7O4S/c27-25(28)20-14-18(15-31-20)22(24(34)19-12-7-13-30-19)32-26(35)23(33-38(29,36)37)21(16-8-3-1-4-9-16)17-10-5-2-6-11-17/h1-6,8-11,14-15,19,21-23,30-31,33H,7,12-13H2,(H3,27,28)(H,32,35)(H2,29,36,37)/t19-,22?,23+/m0/s1. The van der Waals surface area contributed by atoms with E-state index in [4.69, 9.17) is 16.3 Å². The molecule has 12 heteroatoms. The van der Waals surface area contributed by atoms with Gasteiger partial charge in [0.05, 0.1) is 11.7 Å². The Hall–Kier alpha value is -3.84. The van der Waals surface area contributed by atoms with Crippen molar-refractivity contribution in [1.82, 2.24) is 20.3 Å². The summed E-state index contributed by atoms with van der Waals surface area (Å²) in [4.78, 5) is 30.3. The second-order valence-electron chi connectivity index (χ2n) is 9.19. The van der Waals surface area contributed by atoms with Crippen LogP contribution in [0.1, 0.15) is 47.2 Å². The van der Waals surface area contributed by atoms with Gasteiger partial charge in [0.25, 0.3) is 10.2 Å². The van der Waals surface area contributed by atoms with Crippen LogP contribution in [-0.2, 0) is 19.8 Å². The molecule has 0 bridgehead atoms. The van der Waals surface area contributed by atoms with Crippen LogP contribution < -0.4 is 26.2 Å². The molecule has 1 saturated heterocycles. The minimum Gasteiger partial charge on any atom is -0.382 e. The van der Waals surface area contributed by atoms with E-state index in [-0.39, 0.29) is 17.3 Å². The molecular weight excluding hydrogens is 506 g/mol. The Kier molecular flexibility index (Phi) is 8.37. The number of carbonyl (C=O) groups excluding carboxylic acids is 2. The van der Waals surface area contributed by atoms with Crippen LogP contribution in [0.2, 0.25) is 0 Å². The second kappa shape index (κ2) is 11.7. The number of aromatic amines is 1. The molecule has 38 heavy (non-hydrogen) atoms. The van der Waals surface area contributed by atoms with Crippen LogP contribution >= 0.6 is 0 Å². The Morgan fingerprint density at radius 2 is 1.61 bits per heavy atom. The molecule has 0 radical (unpaired) electrons. The molecule has 1 unspecified atom stereocenters. The van der Waals surface area contributed by atoms with Gasteiger partial charge in [0.15, 0.2) is 5.78 Å². The molecule has 3 atom stereocenters. The number of nitrogens with one attached hydrogen (secondary N) is 5. The van der Waals surface area contributed by atoms with Gasteiger partial charge in [-0.2, -0.15) is 13.1 Å². The van der Waals surface area contributed by atoms with Crippen LogP contribution in [0.25, 0.3) is 0 Å². The van der Waals surface area contributed by atoms with Gasteiger partial charge in [0.2, 0.25) is 5.91 Å². The van der Waals surface area contributed by atoms with E-state index in [1.807, 2.05) is 12.1 Å². The molecule has 11 nitrogen and oxygen atoms in total. The molecule has 9 N–H and O–H groups in total. The number of carbonyl (C=O) groups is 2. The number of hydrogen-bond donors (Lipinski definition) is 7. The summed E-state index contributed by atoms with van der Waals surface area (Å²) in [6.07, 6.45) is 2.91. The third-order valence-corrected chi connectivity index (χ3v) is 7.11. The zero-order chi connectivity index (χ0) is 27.3. The van der Waals surface area contributed by atoms with Crippen molar-refractivity contribution < 1.29 is 18.0 Å². The lowest BCUT2D eigenvalue weighted by atomic mass is 9.84. The van der Waals surface area contributed by atoms with Gasteiger partial charge in [-0.05, 0) is 36.6 Å². The van der Waals surface area contributed by atoms with Gasteiger partial charge in [0.1, 0.15) is 17.9 Å². The number of benzene rings is 2. The first kappa shape index (κ1) is 27.2. The lowest BCUT2D eigenvalue weighted by Gasteiger charge is -2.29. The van der Waals surface area contributed by atoms with Gasteiger partial charge in [0, 0.05) is 17.7 Å². The smallest absolute Gasteiger partial charge is 0.275 e. The summed E-state index contributed by atoms with van der Waals surface area (Å²) in [5, 5.41) is 19.0. The Labute approximate surface area is 221 Å². The molecule has 200 valence electrons. The lowest BCUT2D eigenvalue weighted by molar-refractivity contribution is -0.130. The molecular formula is C26H31N7O4S. The monoisotopic (exact) mass is 537 g/mol. The minimum atomic E-state index is -4.33. The molecule has 0 aliphatic carbocycles. The van der Waals surface area contributed by atoms with Crippen molar-refractivity contribution in [3.8, 4) is 0 Å². The number of H-pyrrole nitrogens is 1. The summed E-state index contributed by atoms with van der Waals surface area (Å²) >= 11 is 0. The summed E-state index contributed by atoms with van der Waals surface area (Å²) < 4.78 is 26.8. The topological polar surface area (TPSA) is 196 Å². The molecule has 1 amide bonds. The number of Topliss-reactive ketones (excluding diaryl/α,β-unsaturated/α-hetero) is 1. The van der Waals surface area contributed by atoms with E-state index in [1.54, 1.807) is 48.5 Å². The molecule has 1 fully saturated rings. The van der Waals surface area contributed by atoms with Gasteiger partial charge in [-0.15, -0.1) is 0 Å². The van der Waals surface area contributed by atoms with Gasteiger partial charge in [-0.3, -0.25) is 15.0 Å². The van der Waals surface area contributed by atoms with Gasteiger partial charge >= 0.3 is 0 Å². The summed E-state index contributed by atoms with van der Waals surface area (Å²) in [7, 11) is -4.33. The molecule has 3 aromatic rings. The summed E-state index contributed by atoms with van der Waals surface area (Å²) in [6.45, 7) is 0.669. The van der Waals surface area contributed by atoms with E-state index in [0.717, 1.165) is 6.42 Å². The van der Waals surface area contributed by atoms with Crippen molar-refractivity contribution in [2.75, 3.05) is 6.54 Å². The Morgan fingerprint density at radius 3 is 2.08 bits per heavy atom. The highest BCUT2D eigenvalue weighted by Gasteiger charge is 2.38. The maximum absolute atomic E-state index is 13.9. The number of amidine groups is 1. The summed E-state index contributed by atoms with van der Waals surface area (Å²) in [5.41, 5.74) is 7.63.